The molecule has 0 amide bonds. The van der Waals surface area contributed by atoms with Gasteiger partial charge in [-0.15, -0.1) is 0 Å². The molecule has 0 aromatic carbocycles. The molecule has 0 aliphatic rings. The number of aliphatic hydroxyl groups excluding tert-OH is 2. The molecule has 0 aromatic heterocycles. The second-order valence-corrected chi connectivity index (χ2v) is 13.0. The molecule has 0 unspecified atom stereocenters. The summed E-state index contributed by atoms with van der Waals surface area (Å²) in [6.45, 7) is 19.6. The molecule has 0 fully saturated rings. The van der Waals surface area contributed by atoms with Crippen molar-refractivity contribution >= 4 is 8.32 Å². The lowest BCUT2D eigenvalue weighted by Crippen LogP contribution is -2.50. The van der Waals surface area contributed by atoms with Gasteiger partial charge in [-0.25, -0.2) is 0 Å². The lowest BCUT2D eigenvalue weighted by molar-refractivity contribution is -0.0330. The van der Waals surface area contributed by atoms with Gasteiger partial charge in [-0.05, 0) is 24.1 Å². The zero-order valence-corrected chi connectivity index (χ0v) is 16.6. The fraction of sp³-hybridized carbons (Fsp3) is 1.00. The van der Waals surface area contributed by atoms with Gasteiger partial charge in [0.1, 0.15) is 0 Å². The third-order valence-electron chi connectivity index (χ3n) is 5.37. The summed E-state index contributed by atoms with van der Waals surface area (Å²) < 4.78 is 6.63. The van der Waals surface area contributed by atoms with E-state index in [4.69, 9.17) is 4.43 Å². The first-order valence-electron chi connectivity index (χ1n) is 8.35. The number of rotatable bonds is 8. The summed E-state index contributed by atoms with van der Waals surface area (Å²) in [4.78, 5) is 0. The maximum Gasteiger partial charge on any atom is 0.192 e. The minimum Gasteiger partial charge on any atom is -0.413 e. The molecule has 0 spiro atoms. The van der Waals surface area contributed by atoms with Gasteiger partial charge in [0.25, 0.3) is 0 Å². The highest BCUT2D eigenvalue weighted by Crippen LogP contribution is 2.40. The number of hydrogen-bond acceptors (Lipinski definition) is 3. The molecular formula is C17H38O3Si. The fourth-order valence-electron chi connectivity index (χ4n) is 2.31. The largest absolute Gasteiger partial charge is 0.413 e. The molecule has 2 N–H and O–H groups in total. The summed E-state index contributed by atoms with van der Waals surface area (Å²) in [5.41, 5.74) is 0. The van der Waals surface area contributed by atoms with Crippen molar-refractivity contribution in [2.45, 2.75) is 85.2 Å². The monoisotopic (exact) mass is 318 g/mol. The van der Waals surface area contributed by atoms with Crippen LogP contribution in [0.25, 0.3) is 0 Å². The normalized spacial score (nSPS) is 20.7. The van der Waals surface area contributed by atoms with Crippen molar-refractivity contribution in [2.75, 3.05) is 6.61 Å². The van der Waals surface area contributed by atoms with E-state index in [1.807, 2.05) is 6.92 Å². The van der Waals surface area contributed by atoms with Crippen molar-refractivity contribution in [1.29, 1.82) is 0 Å². The third kappa shape index (κ3) is 5.66. The first kappa shape index (κ1) is 21.1. The summed E-state index contributed by atoms with van der Waals surface area (Å²) in [5.74, 6) is 0.306. The highest BCUT2D eigenvalue weighted by Gasteiger charge is 2.42. The fourth-order valence-corrected chi connectivity index (χ4v) is 3.79. The summed E-state index contributed by atoms with van der Waals surface area (Å²) in [6, 6.07) is 0. The van der Waals surface area contributed by atoms with Gasteiger partial charge < -0.3 is 14.6 Å². The molecule has 0 aliphatic heterocycles. The zero-order chi connectivity index (χ0) is 17.0. The maximum atomic E-state index is 10.5. The summed E-state index contributed by atoms with van der Waals surface area (Å²) in [5, 5.41) is 19.9. The van der Waals surface area contributed by atoms with Crippen LogP contribution < -0.4 is 0 Å². The Labute approximate surface area is 133 Å². The van der Waals surface area contributed by atoms with Crippen LogP contribution in [0.3, 0.4) is 0 Å². The minimum absolute atomic E-state index is 0.0127. The van der Waals surface area contributed by atoms with E-state index in [9.17, 15) is 10.2 Å². The molecule has 21 heavy (non-hydrogen) atoms. The van der Waals surface area contributed by atoms with Crippen LogP contribution in [0.5, 0.6) is 0 Å². The van der Waals surface area contributed by atoms with Crippen LogP contribution in [0, 0.1) is 17.8 Å². The molecule has 128 valence electrons. The molecule has 0 heterocycles. The number of hydrogen-bond donors (Lipinski definition) is 2. The SMILES string of the molecule is CC[C@@H](C)[C@@H](O[Si](C)(C)C(C)(C)C)[C@H](C)[C@@H](O)[C@H](C)CO. The Kier molecular flexibility index (Phi) is 8.13. The molecule has 0 rings (SSSR count). The van der Waals surface area contributed by atoms with Gasteiger partial charge >= 0.3 is 0 Å². The van der Waals surface area contributed by atoms with Crippen LogP contribution in [0.15, 0.2) is 0 Å². The van der Waals surface area contributed by atoms with Gasteiger partial charge in [0.15, 0.2) is 8.32 Å². The van der Waals surface area contributed by atoms with Crippen LogP contribution in [0.2, 0.25) is 18.1 Å². The molecule has 3 nitrogen and oxygen atoms in total. The van der Waals surface area contributed by atoms with Gasteiger partial charge in [-0.2, -0.15) is 0 Å². The van der Waals surface area contributed by atoms with Crippen LogP contribution in [0.1, 0.15) is 54.9 Å². The van der Waals surface area contributed by atoms with E-state index in [1.165, 1.54) is 0 Å². The summed E-state index contributed by atoms with van der Waals surface area (Å²) >= 11 is 0. The van der Waals surface area contributed by atoms with Gasteiger partial charge in [0.2, 0.25) is 0 Å². The van der Waals surface area contributed by atoms with Crippen molar-refractivity contribution in [3.8, 4) is 0 Å². The lowest BCUT2D eigenvalue weighted by atomic mass is 9.83. The highest BCUT2D eigenvalue weighted by molar-refractivity contribution is 6.74. The van der Waals surface area contributed by atoms with E-state index in [0.717, 1.165) is 6.42 Å². The minimum atomic E-state index is -1.87. The van der Waals surface area contributed by atoms with Gasteiger partial charge in [0.05, 0.1) is 12.2 Å². The topological polar surface area (TPSA) is 49.7 Å². The molecule has 4 heteroatoms. The van der Waals surface area contributed by atoms with Crippen LogP contribution >= 0.6 is 0 Å². The molecule has 0 saturated carbocycles. The molecule has 0 bridgehead atoms. The Bertz CT molecular complexity index is 299. The molecular weight excluding hydrogens is 280 g/mol. The smallest absolute Gasteiger partial charge is 0.192 e. The Morgan fingerprint density at radius 2 is 1.52 bits per heavy atom. The second kappa shape index (κ2) is 8.09. The Morgan fingerprint density at radius 3 is 1.86 bits per heavy atom. The number of aliphatic hydroxyl groups is 2. The van der Waals surface area contributed by atoms with Gasteiger partial charge in [-0.1, -0.05) is 54.9 Å². The predicted molar refractivity (Wildman–Crippen MR) is 92.9 cm³/mol. The molecule has 0 aromatic rings. The Morgan fingerprint density at radius 1 is 1.05 bits per heavy atom. The highest BCUT2D eigenvalue weighted by atomic mass is 28.4. The average Bonchev–Trinajstić information content (AvgIpc) is 2.40. The summed E-state index contributed by atoms with van der Waals surface area (Å²) in [7, 11) is -1.87. The summed E-state index contributed by atoms with van der Waals surface area (Å²) in [6.07, 6.45) is 0.544. The molecule has 5 atom stereocenters. The van der Waals surface area contributed by atoms with E-state index in [1.54, 1.807) is 0 Å². The third-order valence-corrected chi connectivity index (χ3v) is 9.84. The van der Waals surface area contributed by atoms with Crippen LogP contribution in [-0.2, 0) is 4.43 Å². The van der Waals surface area contributed by atoms with Crippen molar-refractivity contribution in [3.05, 3.63) is 0 Å². The molecule has 0 saturated heterocycles. The van der Waals surface area contributed by atoms with Crippen molar-refractivity contribution in [1.82, 2.24) is 0 Å². The van der Waals surface area contributed by atoms with E-state index in [0.29, 0.717) is 5.92 Å². The van der Waals surface area contributed by atoms with Crippen molar-refractivity contribution < 1.29 is 14.6 Å². The second-order valence-electron chi connectivity index (χ2n) is 8.24. The van der Waals surface area contributed by atoms with E-state index < -0.39 is 14.4 Å². The Hall–Kier alpha value is 0.0969. The van der Waals surface area contributed by atoms with Crippen LogP contribution in [-0.4, -0.2) is 37.3 Å². The lowest BCUT2D eigenvalue weighted by Gasteiger charge is -2.44. The Balaban J connectivity index is 5.23. The van der Waals surface area contributed by atoms with E-state index in [2.05, 4.69) is 54.6 Å². The van der Waals surface area contributed by atoms with Crippen LogP contribution in [0.4, 0.5) is 0 Å². The van der Waals surface area contributed by atoms with Gasteiger partial charge in [-0.3, -0.25) is 0 Å². The standard InChI is InChI=1S/C17H38O3Si/c1-10-12(2)16(14(4)15(19)13(3)11-18)20-21(8,9)17(5,6)7/h12-16,18-19H,10-11H2,1-9H3/t12-,13-,14-,15+,16-/m1/s1. The molecule has 0 radical (unpaired) electrons. The van der Waals surface area contributed by atoms with Gasteiger partial charge in [0, 0.05) is 18.4 Å². The van der Waals surface area contributed by atoms with Crippen molar-refractivity contribution in [2.24, 2.45) is 17.8 Å². The first-order chi connectivity index (χ1) is 9.39. The maximum absolute atomic E-state index is 10.5. The first-order valence-corrected chi connectivity index (χ1v) is 11.3. The average molecular weight is 319 g/mol. The quantitative estimate of drug-likeness (QED) is 0.664. The zero-order valence-electron chi connectivity index (χ0n) is 15.6. The molecule has 0 aliphatic carbocycles. The van der Waals surface area contributed by atoms with E-state index in [-0.39, 0.29) is 29.6 Å². The predicted octanol–water partition coefficient (Wildman–Crippen LogP) is 4.05. The van der Waals surface area contributed by atoms with E-state index >= 15 is 0 Å². The van der Waals surface area contributed by atoms with Crippen molar-refractivity contribution in [3.63, 3.8) is 0 Å².